The molecule has 1 unspecified atom stereocenters. The Morgan fingerprint density at radius 3 is 2.53 bits per heavy atom. The van der Waals surface area contributed by atoms with Gasteiger partial charge < -0.3 is 25.2 Å². The molecule has 2 rings (SSSR count). The number of likely N-dealkylation sites (N-methyl/N-ethyl adjacent to an activating group) is 1. The Balaban J connectivity index is 0.00000450. The van der Waals surface area contributed by atoms with E-state index in [1.807, 2.05) is 19.9 Å². The zero-order valence-corrected chi connectivity index (χ0v) is 20.8. The van der Waals surface area contributed by atoms with Gasteiger partial charge in [0.05, 0.1) is 6.54 Å². The summed E-state index contributed by atoms with van der Waals surface area (Å²) < 4.78 is 29.9. The number of ether oxygens (including phenoxy) is 1. The van der Waals surface area contributed by atoms with Crippen LogP contribution in [0.3, 0.4) is 0 Å². The van der Waals surface area contributed by atoms with Gasteiger partial charge in [-0.25, -0.2) is 4.99 Å². The van der Waals surface area contributed by atoms with Gasteiger partial charge in [-0.15, -0.1) is 24.0 Å². The third-order valence-corrected chi connectivity index (χ3v) is 4.97. The molecule has 9 heteroatoms. The number of alkyl halides is 2. The second kappa shape index (κ2) is 14.0. The summed E-state index contributed by atoms with van der Waals surface area (Å²) in [6.07, 6.45) is 0. The third-order valence-electron chi connectivity index (χ3n) is 4.97. The van der Waals surface area contributed by atoms with E-state index < -0.39 is 6.61 Å². The van der Waals surface area contributed by atoms with Crippen LogP contribution in [0, 0.1) is 12.8 Å². The van der Waals surface area contributed by atoms with Crippen LogP contribution in [0.5, 0.6) is 5.75 Å². The van der Waals surface area contributed by atoms with Crippen molar-refractivity contribution in [3.05, 3.63) is 29.3 Å². The monoisotopic (exact) mass is 539 g/mol. The lowest BCUT2D eigenvalue weighted by Crippen LogP contribution is -2.47. The number of aliphatic imine (C=N–C) groups is 1. The molecule has 0 amide bonds. The van der Waals surface area contributed by atoms with Crippen molar-refractivity contribution in [1.82, 2.24) is 20.4 Å². The Morgan fingerprint density at radius 1 is 1.20 bits per heavy atom. The lowest BCUT2D eigenvalue weighted by atomic mass is 10.1. The highest BCUT2D eigenvalue weighted by Gasteiger charge is 2.16. The summed E-state index contributed by atoms with van der Waals surface area (Å²) >= 11 is 0. The molecule has 0 bridgehead atoms. The molecule has 1 aromatic rings. The molecule has 6 nitrogen and oxygen atoms in total. The summed E-state index contributed by atoms with van der Waals surface area (Å²) in [5.41, 5.74) is 1.63. The van der Waals surface area contributed by atoms with Crippen molar-refractivity contribution in [1.29, 1.82) is 0 Å². The lowest BCUT2D eigenvalue weighted by molar-refractivity contribution is -0.0504. The number of hydrogen-bond acceptors (Lipinski definition) is 4. The van der Waals surface area contributed by atoms with E-state index in [0.29, 0.717) is 17.4 Å². The van der Waals surface area contributed by atoms with Crippen LogP contribution in [0.2, 0.25) is 0 Å². The van der Waals surface area contributed by atoms with Crippen molar-refractivity contribution < 1.29 is 13.5 Å². The standard InChI is InChI=1S/C21H35F2N5O.HI/c1-5-24-21(25-13-17(3)15-28-10-8-27(4)9-11-28)26-14-18-12-16(2)6-7-19(18)29-20(22)23;/h6-7,12,17,20H,5,8-11,13-15H2,1-4H3,(H2,24,25,26);1H. The molecule has 1 saturated heterocycles. The van der Waals surface area contributed by atoms with Gasteiger partial charge in [-0.2, -0.15) is 8.78 Å². The summed E-state index contributed by atoms with van der Waals surface area (Å²) in [4.78, 5) is 9.42. The van der Waals surface area contributed by atoms with Gasteiger partial charge in [-0.1, -0.05) is 24.6 Å². The predicted molar refractivity (Wildman–Crippen MR) is 129 cm³/mol. The van der Waals surface area contributed by atoms with Gasteiger partial charge in [0.1, 0.15) is 5.75 Å². The van der Waals surface area contributed by atoms with Gasteiger partial charge in [-0.05, 0) is 32.9 Å². The molecule has 0 spiro atoms. The normalized spacial score (nSPS) is 16.8. The molecule has 0 aliphatic carbocycles. The maximum Gasteiger partial charge on any atom is 0.387 e. The number of aryl methyl sites for hydroxylation is 1. The topological polar surface area (TPSA) is 52.1 Å². The fourth-order valence-electron chi connectivity index (χ4n) is 3.36. The van der Waals surface area contributed by atoms with Crippen molar-refractivity contribution in [3.63, 3.8) is 0 Å². The number of rotatable bonds is 9. The van der Waals surface area contributed by atoms with Gasteiger partial charge in [0.2, 0.25) is 0 Å². The smallest absolute Gasteiger partial charge is 0.387 e. The van der Waals surface area contributed by atoms with Crippen molar-refractivity contribution in [2.45, 2.75) is 33.9 Å². The first-order chi connectivity index (χ1) is 13.9. The van der Waals surface area contributed by atoms with Crippen LogP contribution in [-0.2, 0) is 6.54 Å². The van der Waals surface area contributed by atoms with Crippen LogP contribution < -0.4 is 15.4 Å². The minimum Gasteiger partial charge on any atom is -0.434 e. The number of guanidine groups is 1. The Morgan fingerprint density at radius 2 is 1.90 bits per heavy atom. The second-order valence-corrected chi connectivity index (χ2v) is 7.77. The number of hydrogen-bond donors (Lipinski definition) is 2. The van der Waals surface area contributed by atoms with Crippen molar-refractivity contribution in [2.24, 2.45) is 10.9 Å². The predicted octanol–water partition coefficient (Wildman–Crippen LogP) is 3.15. The van der Waals surface area contributed by atoms with Crippen LogP contribution in [0.1, 0.15) is 25.0 Å². The molecule has 2 N–H and O–H groups in total. The number of piperazine rings is 1. The number of benzene rings is 1. The molecule has 1 aliphatic heterocycles. The van der Waals surface area contributed by atoms with E-state index in [0.717, 1.165) is 51.4 Å². The molecular weight excluding hydrogens is 503 g/mol. The Bertz CT molecular complexity index is 654. The Labute approximate surface area is 196 Å². The molecule has 30 heavy (non-hydrogen) atoms. The highest BCUT2D eigenvalue weighted by atomic mass is 127. The molecule has 0 saturated carbocycles. The number of nitrogens with zero attached hydrogens (tertiary/aromatic N) is 3. The van der Waals surface area contributed by atoms with E-state index >= 15 is 0 Å². The molecule has 1 aromatic carbocycles. The minimum absolute atomic E-state index is 0. The second-order valence-electron chi connectivity index (χ2n) is 7.77. The fraction of sp³-hybridized carbons (Fsp3) is 0.667. The van der Waals surface area contributed by atoms with Crippen molar-refractivity contribution in [2.75, 3.05) is 52.9 Å². The van der Waals surface area contributed by atoms with E-state index in [9.17, 15) is 8.78 Å². The Kier molecular flexibility index (Phi) is 12.5. The summed E-state index contributed by atoms with van der Waals surface area (Å²) in [5.74, 6) is 1.33. The molecule has 1 fully saturated rings. The van der Waals surface area contributed by atoms with Crippen molar-refractivity contribution in [3.8, 4) is 5.75 Å². The van der Waals surface area contributed by atoms with Gasteiger partial charge >= 0.3 is 6.61 Å². The van der Waals surface area contributed by atoms with E-state index in [1.165, 1.54) is 0 Å². The quantitative estimate of drug-likeness (QED) is 0.287. The van der Waals surface area contributed by atoms with Crippen LogP contribution in [0.15, 0.2) is 23.2 Å². The SMILES string of the molecule is CCNC(=NCc1cc(C)ccc1OC(F)F)NCC(C)CN1CCN(C)CC1.I. The lowest BCUT2D eigenvalue weighted by Gasteiger charge is -2.34. The van der Waals surface area contributed by atoms with Crippen molar-refractivity contribution >= 4 is 29.9 Å². The molecule has 172 valence electrons. The zero-order chi connectivity index (χ0) is 21.2. The summed E-state index contributed by atoms with van der Waals surface area (Å²) in [6.45, 7) is 10.6. The summed E-state index contributed by atoms with van der Waals surface area (Å²) in [7, 11) is 2.16. The van der Waals surface area contributed by atoms with Crippen LogP contribution in [0.4, 0.5) is 8.78 Å². The van der Waals surface area contributed by atoms with Gasteiger partial charge in [0, 0.05) is 51.4 Å². The molecule has 1 aliphatic rings. The summed E-state index contributed by atoms with van der Waals surface area (Å²) in [5, 5.41) is 6.60. The first-order valence-corrected chi connectivity index (χ1v) is 10.3. The Hall–Kier alpha value is -1.20. The van der Waals surface area contributed by atoms with E-state index in [2.05, 4.69) is 44.1 Å². The first kappa shape index (κ1) is 26.8. The van der Waals surface area contributed by atoms with Crippen LogP contribution >= 0.6 is 24.0 Å². The van der Waals surface area contributed by atoms with E-state index in [4.69, 9.17) is 0 Å². The van der Waals surface area contributed by atoms with Crippen LogP contribution in [0.25, 0.3) is 0 Å². The molecular formula is C21H36F2IN5O. The molecule has 0 radical (unpaired) electrons. The maximum absolute atomic E-state index is 12.7. The molecule has 1 atom stereocenters. The fourth-order valence-corrected chi connectivity index (χ4v) is 3.36. The number of halogens is 3. The minimum atomic E-state index is -2.85. The average Bonchev–Trinajstić information content (AvgIpc) is 2.67. The maximum atomic E-state index is 12.7. The van der Waals surface area contributed by atoms with E-state index in [1.54, 1.807) is 12.1 Å². The number of nitrogens with one attached hydrogen (secondary N) is 2. The zero-order valence-electron chi connectivity index (χ0n) is 18.5. The van der Waals surface area contributed by atoms with Gasteiger partial charge in [-0.3, -0.25) is 0 Å². The summed E-state index contributed by atoms with van der Waals surface area (Å²) in [6, 6.07) is 5.17. The van der Waals surface area contributed by atoms with Crippen LogP contribution in [-0.4, -0.2) is 75.2 Å². The van der Waals surface area contributed by atoms with E-state index in [-0.39, 0.29) is 36.3 Å². The molecule has 1 heterocycles. The average molecular weight is 539 g/mol. The highest BCUT2D eigenvalue weighted by Crippen LogP contribution is 2.22. The largest absolute Gasteiger partial charge is 0.434 e. The molecule has 0 aromatic heterocycles. The van der Waals surface area contributed by atoms with Gasteiger partial charge in [0.25, 0.3) is 0 Å². The van der Waals surface area contributed by atoms with Gasteiger partial charge in [0.15, 0.2) is 5.96 Å². The highest BCUT2D eigenvalue weighted by molar-refractivity contribution is 14.0. The first-order valence-electron chi connectivity index (χ1n) is 10.3. The third kappa shape index (κ3) is 9.74.